The van der Waals surface area contributed by atoms with Crippen LogP contribution >= 0.6 is 11.3 Å². The Hall–Kier alpha value is -1.69. The van der Waals surface area contributed by atoms with Crippen molar-refractivity contribution in [3.63, 3.8) is 0 Å². The Morgan fingerprint density at radius 2 is 2.32 bits per heavy atom. The molecule has 0 fully saturated rings. The second-order valence-electron chi connectivity index (χ2n) is 4.78. The first-order valence-corrected chi connectivity index (χ1v) is 7.11. The number of carbonyl (C=O) groups is 1. The standard InChI is InChI=1S/C13H17N3O2S/c1-8(2)12(14-9(3)17)13-15-11(16-18-13)6-10-4-5-19-7-10/h4-5,7-8,12H,6H2,1-3H3,(H,14,17). The van der Waals surface area contributed by atoms with Crippen LogP contribution in [0.4, 0.5) is 0 Å². The lowest BCUT2D eigenvalue weighted by Gasteiger charge is -2.16. The van der Waals surface area contributed by atoms with Crippen LogP contribution in [0.3, 0.4) is 0 Å². The number of aromatic nitrogens is 2. The van der Waals surface area contributed by atoms with E-state index in [9.17, 15) is 4.79 Å². The molecule has 5 nitrogen and oxygen atoms in total. The van der Waals surface area contributed by atoms with Crippen molar-refractivity contribution in [3.05, 3.63) is 34.1 Å². The van der Waals surface area contributed by atoms with Crippen LogP contribution in [-0.4, -0.2) is 16.0 Å². The minimum absolute atomic E-state index is 0.101. The zero-order valence-electron chi connectivity index (χ0n) is 11.2. The van der Waals surface area contributed by atoms with Crippen molar-refractivity contribution < 1.29 is 9.32 Å². The number of nitrogens with one attached hydrogen (secondary N) is 1. The highest BCUT2D eigenvalue weighted by atomic mass is 32.1. The van der Waals surface area contributed by atoms with Gasteiger partial charge in [-0.2, -0.15) is 16.3 Å². The molecule has 0 bridgehead atoms. The summed E-state index contributed by atoms with van der Waals surface area (Å²) in [4.78, 5) is 15.6. The molecule has 0 saturated carbocycles. The molecule has 6 heteroatoms. The molecule has 0 aliphatic rings. The fourth-order valence-electron chi connectivity index (χ4n) is 1.77. The molecule has 2 aromatic heterocycles. The first-order chi connectivity index (χ1) is 9.06. The van der Waals surface area contributed by atoms with Crippen molar-refractivity contribution in [2.24, 2.45) is 5.92 Å². The quantitative estimate of drug-likeness (QED) is 0.913. The van der Waals surface area contributed by atoms with Crippen LogP contribution in [0.1, 0.15) is 44.1 Å². The van der Waals surface area contributed by atoms with Crippen molar-refractivity contribution in [1.82, 2.24) is 15.5 Å². The number of thiophene rings is 1. The predicted molar refractivity (Wildman–Crippen MR) is 72.8 cm³/mol. The molecule has 102 valence electrons. The monoisotopic (exact) mass is 279 g/mol. The first kappa shape index (κ1) is 13.7. The third-order valence-electron chi connectivity index (χ3n) is 2.72. The maximum absolute atomic E-state index is 11.2. The van der Waals surface area contributed by atoms with Gasteiger partial charge in [0, 0.05) is 13.3 Å². The summed E-state index contributed by atoms with van der Waals surface area (Å²) in [7, 11) is 0. The molecular formula is C13H17N3O2S. The minimum Gasteiger partial charge on any atom is -0.344 e. The summed E-state index contributed by atoms with van der Waals surface area (Å²) >= 11 is 1.64. The Morgan fingerprint density at radius 1 is 1.53 bits per heavy atom. The van der Waals surface area contributed by atoms with Crippen molar-refractivity contribution >= 4 is 17.2 Å². The number of rotatable bonds is 5. The third-order valence-corrected chi connectivity index (χ3v) is 3.45. The van der Waals surface area contributed by atoms with Gasteiger partial charge >= 0.3 is 0 Å². The van der Waals surface area contributed by atoms with E-state index < -0.39 is 0 Å². The molecule has 2 aromatic rings. The molecule has 2 heterocycles. The highest BCUT2D eigenvalue weighted by Gasteiger charge is 2.23. The Bertz CT molecular complexity index is 534. The third kappa shape index (κ3) is 3.64. The van der Waals surface area contributed by atoms with E-state index in [1.165, 1.54) is 6.92 Å². The summed E-state index contributed by atoms with van der Waals surface area (Å²) in [5, 5.41) is 10.9. The van der Waals surface area contributed by atoms with Crippen LogP contribution < -0.4 is 5.32 Å². The minimum atomic E-state index is -0.235. The summed E-state index contributed by atoms with van der Waals surface area (Å²) < 4.78 is 5.27. The second-order valence-corrected chi connectivity index (χ2v) is 5.56. The van der Waals surface area contributed by atoms with E-state index in [2.05, 4.69) is 20.8 Å². The largest absolute Gasteiger partial charge is 0.344 e. The van der Waals surface area contributed by atoms with Crippen LogP contribution in [0.25, 0.3) is 0 Å². The lowest BCUT2D eigenvalue weighted by molar-refractivity contribution is -0.120. The van der Waals surface area contributed by atoms with E-state index in [-0.39, 0.29) is 17.9 Å². The zero-order chi connectivity index (χ0) is 13.8. The van der Waals surface area contributed by atoms with Gasteiger partial charge in [-0.3, -0.25) is 4.79 Å². The van der Waals surface area contributed by atoms with Gasteiger partial charge in [-0.15, -0.1) is 0 Å². The number of hydrogen-bond donors (Lipinski definition) is 1. The number of nitrogens with zero attached hydrogens (tertiary/aromatic N) is 2. The SMILES string of the molecule is CC(=O)NC(c1nc(Cc2ccsc2)no1)C(C)C. The lowest BCUT2D eigenvalue weighted by Crippen LogP contribution is -2.30. The summed E-state index contributed by atoms with van der Waals surface area (Å²) in [5.74, 6) is 1.20. The van der Waals surface area contributed by atoms with Gasteiger partial charge in [-0.05, 0) is 28.3 Å². The van der Waals surface area contributed by atoms with E-state index in [0.717, 1.165) is 5.56 Å². The molecule has 1 unspecified atom stereocenters. The van der Waals surface area contributed by atoms with Crippen LogP contribution in [0.5, 0.6) is 0 Å². The Kier molecular flexibility index (Phi) is 4.31. The normalized spacial score (nSPS) is 12.6. The van der Waals surface area contributed by atoms with Crippen LogP contribution in [0.15, 0.2) is 21.3 Å². The lowest BCUT2D eigenvalue weighted by atomic mass is 10.0. The van der Waals surface area contributed by atoms with Gasteiger partial charge in [-0.1, -0.05) is 19.0 Å². The molecule has 0 aliphatic heterocycles. The molecule has 0 spiro atoms. The Morgan fingerprint density at radius 3 is 2.89 bits per heavy atom. The molecule has 1 atom stereocenters. The Labute approximate surface area is 116 Å². The summed E-state index contributed by atoms with van der Waals surface area (Å²) in [6.07, 6.45) is 0.651. The summed E-state index contributed by atoms with van der Waals surface area (Å²) in [6, 6.07) is 1.80. The van der Waals surface area contributed by atoms with Crippen molar-refractivity contribution in [2.75, 3.05) is 0 Å². The molecule has 0 aliphatic carbocycles. The van der Waals surface area contributed by atoms with E-state index in [1.54, 1.807) is 11.3 Å². The van der Waals surface area contributed by atoms with Gasteiger partial charge in [0.25, 0.3) is 0 Å². The van der Waals surface area contributed by atoms with Crippen molar-refractivity contribution in [2.45, 2.75) is 33.2 Å². The highest BCUT2D eigenvalue weighted by Crippen LogP contribution is 2.20. The van der Waals surface area contributed by atoms with Crippen molar-refractivity contribution in [3.8, 4) is 0 Å². The summed E-state index contributed by atoms with van der Waals surface area (Å²) in [5.41, 5.74) is 1.16. The van der Waals surface area contributed by atoms with Gasteiger partial charge in [0.2, 0.25) is 11.8 Å². The molecule has 0 saturated heterocycles. The average molecular weight is 279 g/mol. The fraction of sp³-hybridized carbons (Fsp3) is 0.462. The van der Waals surface area contributed by atoms with Gasteiger partial charge in [-0.25, -0.2) is 0 Å². The molecule has 2 rings (SSSR count). The predicted octanol–water partition coefficient (Wildman–Crippen LogP) is 2.56. The van der Waals surface area contributed by atoms with E-state index in [0.29, 0.717) is 18.1 Å². The van der Waals surface area contributed by atoms with Gasteiger partial charge in [0.05, 0.1) is 0 Å². The van der Waals surface area contributed by atoms with E-state index in [1.807, 2.05) is 25.3 Å². The van der Waals surface area contributed by atoms with E-state index in [4.69, 9.17) is 4.52 Å². The number of carbonyl (C=O) groups excluding carboxylic acids is 1. The van der Waals surface area contributed by atoms with Crippen molar-refractivity contribution in [1.29, 1.82) is 0 Å². The Balaban J connectivity index is 2.11. The van der Waals surface area contributed by atoms with Gasteiger partial charge in [0.15, 0.2) is 5.82 Å². The number of hydrogen-bond acceptors (Lipinski definition) is 5. The maximum Gasteiger partial charge on any atom is 0.249 e. The second kappa shape index (κ2) is 5.97. The topological polar surface area (TPSA) is 68.0 Å². The van der Waals surface area contributed by atoms with Crippen LogP contribution in [-0.2, 0) is 11.2 Å². The highest BCUT2D eigenvalue weighted by molar-refractivity contribution is 7.07. The van der Waals surface area contributed by atoms with Gasteiger partial charge < -0.3 is 9.84 Å². The van der Waals surface area contributed by atoms with E-state index >= 15 is 0 Å². The molecular weight excluding hydrogens is 262 g/mol. The fourth-order valence-corrected chi connectivity index (χ4v) is 2.44. The average Bonchev–Trinajstić information content (AvgIpc) is 2.97. The molecule has 1 N–H and O–H groups in total. The smallest absolute Gasteiger partial charge is 0.249 e. The molecule has 0 aromatic carbocycles. The maximum atomic E-state index is 11.2. The van der Waals surface area contributed by atoms with Crippen LogP contribution in [0, 0.1) is 5.92 Å². The number of amides is 1. The van der Waals surface area contributed by atoms with Crippen LogP contribution in [0.2, 0.25) is 0 Å². The molecule has 1 amide bonds. The molecule has 19 heavy (non-hydrogen) atoms. The summed E-state index contributed by atoms with van der Waals surface area (Å²) in [6.45, 7) is 5.49. The van der Waals surface area contributed by atoms with Gasteiger partial charge in [0.1, 0.15) is 6.04 Å². The first-order valence-electron chi connectivity index (χ1n) is 6.17. The molecule has 0 radical (unpaired) electrons. The zero-order valence-corrected chi connectivity index (χ0v) is 12.0.